The molecule has 40 heavy (non-hydrogen) atoms. The van der Waals surface area contributed by atoms with Crippen molar-refractivity contribution in [2.45, 2.75) is 64.3 Å². The number of carbonyl (C=O) groups excluding carboxylic acids is 3. The number of aliphatic hydroxyl groups is 1. The van der Waals surface area contributed by atoms with E-state index in [4.69, 9.17) is 4.74 Å². The van der Waals surface area contributed by atoms with Crippen LogP contribution < -0.4 is 9.80 Å². The minimum Gasteiger partial charge on any atom is -0.394 e. The van der Waals surface area contributed by atoms with E-state index in [1.807, 2.05) is 62.4 Å². The van der Waals surface area contributed by atoms with E-state index in [2.05, 4.69) is 18.7 Å². The van der Waals surface area contributed by atoms with Gasteiger partial charge in [0.2, 0.25) is 11.8 Å². The third-order valence-corrected chi connectivity index (χ3v) is 9.10. The highest BCUT2D eigenvalue weighted by Crippen LogP contribution is 2.58. The monoisotopic (exact) mass is 550 g/mol. The van der Waals surface area contributed by atoms with Gasteiger partial charge < -0.3 is 29.4 Å². The maximum absolute atomic E-state index is 14.5. The highest BCUT2D eigenvalue weighted by molar-refractivity contribution is 6.06. The van der Waals surface area contributed by atoms with Crippen LogP contribution in [0, 0.1) is 11.8 Å². The average molecular weight is 551 g/mol. The molecule has 216 valence electrons. The molecule has 1 aromatic carbocycles. The number of ether oxygens (including phenoxy) is 1. The Balaban J connectivity index is 1.59. The van der Waals surface area contributed by atoms with Crippen molar-refractivity contribution in [3.63, 3.8) is 0 Å². The second-order valence-corrected chi connectivity index (χ2v) is 11.5. The molecule has 1 N–H and O–H groups in total. The molecule has 9 nitrogen and oxygen atoms in total. The second kappa shape index (κ2) is 10.7. The molecular formula is C31H42N4O5. The Labute approximate surface area is 237 Å². The number of hydrogen-bond acceptors (Lipinski definition) is 6. The number of nitrogens with zero attached hydrogens (tertiary/aromatic N) is 4. The molecule has 2 fully saturated rings. The lowest BCUT2D eigenvalue weighted by Crippen LogP contribution is -2.58. The summed E-state index contributed by atoms with van der Waals surface area (Å²) in [7, 11) is 0. The summed E-state index contributed by atoms with van der Waals surface area (Å²) in [5.41, 5.74) is -0.581. The largest absolute Gasteiger partial charge is 0.394 e. The molecule has 9 heteroatoms. The van der Waals surface area contributed by atoms with E-state index in [0.29, 0.717) is 19.6 Å². The average Bonchev–Trinajstić information content (AvgIpc) is 3.23. The van der Waals surface area contributed by atoms with Crippen LogP contribution in [0.15, 0.2) is 48.6 Å². The first-order chi connectivity index (χ1) is 19.2. The molecule has 1 aromatic rings. The molecule has 4 aliphatic rings. The van der Waals surface area contributed by atoms with E-state index in [1.165, 1.54) is 4.90 Å². The molecule has 4 aliphatic heterocycles. The molecule has 5 rings (SSSR count). The number of hydrogen-bond donors (Lipinski definition) is 1. The zero-order valence-electron chi connectivity index (χ0n) is 24.2. The van der Waals surface area contributed by atoms with Crippen LogP contribution in [0.3, 0.4) is 0 Å². The molecule has 0 saturated carbocycles. The van der Waals surface area contributed by atoms with E-state index >= 15 is 0 Å². The van der Waals surface area contributed by atoms with Crippen LogP contribution >= 0.6 is 0 Å². The van der Waals surface area contributed by atoms with Crippen LogP contribution in [0.2, 0.25) is 0 Å². The number of fused-ring (bicyclic) bond motifs is 2. The molecule has 0 aliphatic carbocycles. The van der Waals surface area contributed by atoms with Crippen LogP contribution in [0.1, 0.15) is 41.0 Å². The summed E-state index contributed by atoms with van der Waals surface area (Å²) in [6, 6.07) is 6.24. The van der Waals surface area contributed by atoms with Gasteiger partial charge in [-0.05, 0) is 58.4 Å². The number of likely N-dealkylation sites (tertiary alicyclic amines) is 1. The Hall–Kier alpha value is -3.17. The molecule has 6 atom stereocenters. The molecule has 0 radical (unpaired) electrons. The lowest BCUT2D eigenvalue weighted by atomic mass is 9.74. The first-order valence-electron chi connectivity index (χ1n) is 14.6. The number of aliphatic hydroxyl groups excluding tert-OH is 1. The Bertz CT molecular complexity index is 1210. The summed E-state index contributed by atoms with van der Waals surface area (Å²) < 4.78 is 6.84. The predicted molar refractivity (Wildman–Crippen MR) is 154 cm³/mol. The molecule has 0 bridgehead atoms. The van der Waals surface area contributed by atoms with Crippen LogP contribution in [0.5, 0.6) is 0 Å². The smallest absolute Gasteiger partial charge is 0.253 e. The van der Waals surface area contributed by atoms with Crippen LogP contribution in [-0.2, 0) is 19.1 Å². The number of anilines is 2. The zero-order chi connectivity index (χ0) is 28.8. The summed E-state index contributed by atoms with van der Waals surface area (Å²) in [6.07, 6.45) is 8.36. The number of carbonyl (C=O) groups is 3. The summed E-state index contributed by atoms with van der Waals surface area (Å²) in [5.74, 6) is -2.39. The SMILES string of the molecule is CCCN1CC=C[C@]2(C)O[C@]34C=CCN(c5ccc(N(CC)CC)cc5)C(=O)C3N([C@H](C)CO)C(=O)[C@@H]4[C@@H]2C1=O. The van der Waals surface area contributed by atoms with E-state index in [0.717, 1.165) is 30.9 Å². The van der Waals surface area contributed by atoms with Gasteiger partial charge in [0.15, 0.2) is 0 Å². The molecule has 3 amide bonds. The summed E-state index contributed by atoms with van der Waals surface area (Å²) in [5, 5.41) is 10.2. The van der Waals surface area contributed by atoms with Gasteiger partial charge in [0.25, 0.3) is 5.91 Å². The highest BCUT2D eigenvalue weighted by Gasteiger charge is 2.75. The quantitative estimate of drug-likeness (QED) is 0.501. The zero-order valence-corrected chi connectivity index (χ0v) is 24.2. The Kier molecular flexibility index (Phi) is 7.56. The fraction of sp³-hybridized carbons (Fsp3) is 0.581. The Morgan fingerprint density at radius 1 is 0.975 bits per heavy atom. The van der Waals surface area contributed by atoms with Gasteiger partial charge in [0.1, 0.15) is 11.6 Å². The van der Waals surface area contributed by atoms with E-state index in [-0.39, 0.29) is 24.3 Å². The number of amides is 3. The van der Waals surface area contributed by atoms with Crippen LogP contribution in [0.4, 0.5) is 11.4 Å². The van der Waals surface area contributed by atoms with E-state index in [9.17, 15) is 19.5 Å². The van der Waals surface area contributed by atoms with Crippen molar-refractivity contribution >= 4 is 29.1 Å². The molecule has 2 saturated heterocycles. The lowest BCUT2D eigenvalue weighted by molar-refractivity contribution is -0.150. The molecule has 4 heterocycles. The lowest BCUT2D eigenvalue weighted by Gasteiger charge is -2.39. The van der Waals surface area contributed by atoms with Gasteiger partial charge in [-0.3, -0.25) is 14.4 Å². The Morgan fingerprint density at radius 3 is 2.27 bits per heavy atom. The third kappa shape index (κ3) is 4.16. The van der Waals surface area contributed by atoms with Gasteiger partial charge in [-0.25, -0.2) is 0 Å². The minimum atomic E-state index is -1.33. The number of rotatable bonds is 8. The van der Waals surface area contributed by atoms with Gasteiger partial charge in [-0.1, -0.05) is 31.2 Å². The molecule has 0 aromatic heterocycles. The predicted octanol–water partition coefficient (Wildman–Crippen LogP) is 2.60. The molecular weight excluding hydrogens is 508 g/mol. The minimum absolute atomic E-state index is 0.129. The van der Waals surface area contributed by atoms with Gasteiger partial charge in [-0.15, -0.1) is 0 Å². The fourth-order valence-corrected chi connectivity index (χ4v) is 7.21. The maximum atomic E-state index is 14.5. The summed E-state index contributed by atoms with van der Waals surface area (Å²) >= 11 is 0. The van der Waals surface area contributed by atoms with E-state index < -0.39 is 35.1 Å². The first kappa shape index (κ1) is 28.4. The summed E-state index contributed by atoms with van der Waals surface area (Å²) in [4.78, 5) is 49.9. The summed E-state index contributed by atoms with van der Waals surface area (Å²) in [6.45, 7) is 12.6. The Morgan fingerprint density at radius 2 is 1.65 bits per heavy atom. The topological polar surface area (TPSA) is 93.6 Å². The van der Waals surface area contributed by atoms with Gasteiger partial charge >= 0.3 is 0 Å². The van der Waals surface area contributed by atoms with Crippen molar-refractivity contribution in [3.8, 4) is 0 Å². The third-order valence-electron chi connectivity index (χ3n) is 9.10. The van der Waals surface area contributed by atoms with Crippen molar-refractivity contribution in [3.05, 3.63) is 48.6 Å². The molecule has 1 unspecified atom stereocenters. The second-order valence-electron chi connectivity index (χ2n) is 11.5. The van der Waals surface area contributed by atoms with Crippen LogP contribution in [0.25, 0.3) is 0 Å². The van der Waals surface area contributed by atoms with Crippen molar-refractivity contribution < 1.29 is 24.2 Å². The van der Waals surface area contributed by atoms with Crippen LogP contribution in [-0.4, -0.2) is 95.2 Å². The standard InChI is InChI=1S/C31H42N4O5/c1-6-17-33-18-9-15-30(5)24(27(33)37)25-28(38)35(21(4)20-36)26-29(39)34(19-10-16-31(25,26)40-30)23-13-11-22(12-14-23)32(7-2)8-3/h9-16,21,24-26,36H,6-8,17-20H2,1-5H3/t21-,24-,25+,26?,30+,31+/m1/s1. The van der Waals surface area contributed by atoms with Crippen molar-refractivity contribution in [2.75, 3.05) is 49.1 Å². The van der Waals surface area contributed by atoms with E-state index in [1.54, 1.807) is 16.7 Å². The molecule has 1 spiro atoms. The highest BCUT2D eigenvalue weighted by atomic mass is 16.5. The normalized spacial score (nSPS) is 32.1. The van der Waals surface area contributed by atoms with Crippen molar-refractivity contribution in [1.29, 1.82) is 0 Å². The van der Waals surface area contributed by atoms with Gasteiger partial charge in [0, 0.05) is 44.1 Å². The maximum Gasteiger partial charge on any atom is 0.253 e. The number of benzene rings is 1. The fourth-order valence-electron chi connectivity index (χ4n) is 7.21. The first-order valence-corrected chi connectivity index (χ1v) is 14.6. The van der Waals surface area contributed by atoms with Gasteiger partial charge in [0.05, 0.1) is 30.1 Å². The van der Waals surface area contributed by atoms with Gasteiger partial charge in [-0.2, -0.15) is 0 Å². The van der Waals surface area contributed by atoms with Crippen molar-refractivity contribution in [2.24, 2.45) is 11.8 Å². The van der Waals surface area contributed by atoms with Crippen molar-refractivity contribution in [1.82, 2.24) is 9.80 Å².